The molecule has 1 aliphatic rings. The molecule has 0 bridgehead atoms. The van der Waals surface area contributed by atoms with E-state index in [1.807, 2.05) is 0 Å². The molecule has 0 atom stereocenters. The van der Waals surface area contributed by atoms with Gasteiger partial charge >= 0.3 is 6.03 Å². The standard InChI is InChI=1S/C15H23ClN4O4S/c1-24-14-4-3-12(16)11-13(14)18-15(21)17-5-6-19-7-9-20(10-8-19)25(2,22)23/h3-4,11H,5-10H2,1-2H3,(H2,17,18,21). The van der Waals surface area contributed by atoms with Crippen LogP contribution in [-0.2, 0) is 10.0 Å². The Kier molecular flexibility index (Phi) is 6.88. The highest BCUT2D eigenvalue weighted by Gasteiger charge is 2.22. The van der Waals surface area contributed by atoms with E-state index < -0.39 is 10.0 Å². The van der Waals surface area contributed by atoms with E-state index in [1.165, 1.54) is 17.7 Å². The first-order chi connectivity index (χ1) is 11.8. The van der Waals surface area contributed by atoms with Gasteiger partial charge in [0.25, 0.3) is 0 Å². The van der Waals surface area contributed by atoms with E-state index in [4.69, 9.17) is 16.3 Å². The molecule has 0 saturated carbocycles. The largest absolute Gasteiger partial charge is 0.495 e. The Balaban J connectivity index is 1.74. The number of hydrogen-bond donors (Lipinski definition) is 2. The Morgan fingerprint density at radius 1 is 1.28 bits per heavy atom. The van der Waals surface area contributed by atoms with Crippen LogP contribution in [-0.4, -0.2) is 76.3 Å². The summed E-state index contributed by atoms with van der Waals surface area (Å²) in [5.41, 5.74) is 0.495. The maximum atomic E-state index is 12.0. The SMILES string of the molecule is COc1ccc(Cl)cc1NC(=O)NCCN1CCN(S(C)(=O)=O)CC1. The second kappa shape index (κ2) is 8.70. The number of ether oxygens (including phenoxy) is 1. The molecule has 1 saturated heterocycles. The van der Waals surface area contributed by atoms with Crippen molar-refractivity contribution in [1.29, 1.82) is 0 Å². The van der Waals surface area contributed by atoms with Gasteiger partial charge in [0, 0.05) is 44.3 Å². The third kappa shape index (κ3) is 6.03. The molecule has 0 spiro atoms. The lowest BCUT2D eigenvalue weighted by molar-refractivity contribution is 0.189. The summed E-state index contributed by atoms with van der Waals surface area (Å²) in [5, 5.41) is 5.97. The third-order valence-electron chi connectivity index (χ3n) is 3.92. The summed E-state index contributed by atoms with van der Waals surface area (Å²) in [4.78, 5) is 14.1. The molecule has 10 heteroatoms. The van der Waals surface area contributed by atoms with E-state index in [9.17, 15) is 13.2 Å². The molecule has 1 aromatic carbocycles. The topological polar surface area (TPSA) is 91.0 Å². The molecule has 2 rings (SSSR count). The van der Waals surface area contributed by atoms with Crippen LogP contribution in [0.3, 0.4) is 0 Å². The fraction of sp³-hybridized carbons (Fsp3) is 0.533. The Labute approximate surface area is 153 Å². The van der Waals surface area contributed by atoms with Crippen molar-refractivity contribution in [2.45, 2.75) is 0 Å². The van der Waals surface area contributed by atoms with E-state index in [0.29, 0.717) is 55.7 Å². The van der Waals surface area contributed by atoms with Gasteiger partial charge in [0.05, 0.1) is 19.1 Å². The van der Waals surface area contributed by atoms with E-state index in [1.54, 1.807) is 18.2 Å². The molecule has 25 heavy (non-hydrogen) atoms. The first-order valence-electron chi connectivity index (χ1n) is 7.85. The number of anilines is 1. The molecule has 8 nitrogen and oxygen atoms in total. The quantitative estimate of drug-likeness (QED) is 0.757. The summed E-state index contributed by atoms with van der Waals surface area (Å²) < 4.78 is 29.6. The fourth-order valence-corrected chi connectivity index (χ4v) is 3.56. The maximum Gasteiger partial charge on any atom is 0.319 e. The van der Waals surface area contributed by atoms with E-state index in [2.05, 4.69) is 15.5 Å². The van der Waals surface area contributed by atoms with Crippen LogP contribution in [0, 0.1) is 0 Å². The van der Waals surface area contributed by atoms with Gasteiger partial charge in [-0.15, -0.1) is 0 Å². The van der Waals surface area contributed by atoms with Gasteiger partial charge in [0.1, 0.15) is 5.75 Å². The predicted molar refractivity (Wildman–Crippen MR) is 97.9 cm³/mol. The van der Waals surface area contributed by atoms with Crippen LogP contribution < -0.4 is 15.4 Å². The second-order valence-corrected chi connectivity index (χ2v) is 8.15. The van der Waals surface area contributed by atoms with Gasteiger partial charge in [-0.3, -0.25) is 4.90 Å². The predicted octanol–water partition coefficient (Wildman–Crippen LogP) is 1.05. The first-order valence-corrected chi connectivity index (χ1v) is 10.1. The van der Waals surface area contributed by atoms with Crippen LogP contribution in [0.5, 0.6) is 5.75 Å². The molecular weight excluding hydrogens is 368 g/mol. The summed E-state index contributed by atoms with van der Waals surface area (Å²) >= 11 is 5.93. The third-order valence-corrected chi connectivity index (χ3v) is 5.46. The van der Waals surface area contributed by atoms with E-state index in [0.717, 1.165) is 0 Å². The van der Waals surface area contributed by atoms with Crippen molar-refractivity contribution in [2.24, 2.45) is 0 Å². The number of rotatable bonds is 6. The van der Waals surface area contributed by atoms with Crippen LogP contribution in [0.2, 0.25) is 5.02 Å². The molecule has 2 amide bonds. The normalized spacial score (nSPS) is 16.4. The minimum Gasteiger partial charge on any atom is -0.495 e. The number of urea groups is 1. The van der Waals surface area contributed by atoms with Crippen LogP contribution in [0.15, 0.2) is 18.2 Å². The molecular formula is C15H23ClN4O4S. The monoisotopic (exact) mass is 390 g/mol. The Morgan fingerprint density at radius 2 is 1.96 bits per heavy atom. The molecule has 2 N–H and O–H groups in total. The van der Waals surface area contributed by atoms with Gasteiger partial charge in [0.2, 0.25) is 10.0 Å². The number of halogens is 1. The Morgan fingerprint density at radius 3 is 2.56 bits per heavy atom. The van der Waals surface area contributed by atoms with Crippen molar-refractivity contribution in [3.8, 4) is 5.75 Å². The van der Waals surface area contributed by atoms with Gasteiger partial charge in [-0.2, -0.15) is 4.31 Å². The minimum absolute atomic E-state index is 0.352. The molecule has 0 radical (unpaired) electrons. The molecule has 1 aromatic rings. The average Bonchev–Trinajstić information content (AvgIpc) is 2.55. The summed E-state index contributed by atoms with van der Waals surface area (Å²) in [6, 6.07) is 4.62. The van der Waals surface area contributed by atoms with Gasteiger partial charge in [-0.25, -0.2) is 13.2 Å². The van der Waals surface area contributed by atoms with Crippen molar-refractivity contribution in [3.63, 3.8) is 0 Å². The summed E-state index contributed by atoms with van der Waals surface area (Å²) in [6.45, 7) is 3.36. The highest BCUT2D eigenvalue weighted by atomic mass is 35.5. The first kappa shape index (κ1) is 19.8. The highest BCUT2D eigenvalue weighted by molar-refractivity contribution is 7.88. The summed E-state index contributed by atoms with van der Waals surface area (Å²) in [6.07, 6.45) is 1.22. The smallest absolute Gasteiger partial charge is 0.319 e. The van der Waals surface area contributed by atoms with Crippen molar-refractivity contribution < 1.29 is 17.9 Å². The fourth-order valence-electron chi connectivity index (χ4n) is 2.56. The number of benzene rings is 1. The number of nitrogens with zero attached hydrogens (tertiary/aromatic N) is 2. The number of hydrogen-bond acceptors (Lipinski definition) is 5. The number of nitrogens with one attached hydrogen (secondary N) is 2. The van der Waals surface area contributed by atoms with E-state index in [-0.39, 0.29) is 6.03 Å². The zero-order valence-electron chi connectivity index (χ0n) is 14.3. The van der Waals surface area contributed by atoms with Crippen LogP contribution in [0.25, 0.3) is 0 Å². The number of amides is 2. The maximum absolute atomic E-state index is 12.0. The molecule has 1 aliphatic heterocycles. The number of piperazine rings is 1. The molecule has 1 fully saturated rings. The van der Waals surface area contributed by atoms with Crippen molar-refractivity contribution in [2.75, 3.05) is 58.0 Å². The Hall–Kier alpha value is -1.55. The molecule has 0 aromatic heterocycles. The number of carbonyl (C=O) groups is 1. The lowest BCUT2D eigenvalue weighted by Crippen LogP contribution is -2.50. The lowest BCUT2D eigenvalue weighted by Gasteiger charge is -2.33. The Bertz CT molecular complexity index is 705. The number of methoxy groups -OCH3 is 1. The number of sulfonamides is 1. The molecule has 0 unspecified atom stereocenters. The second-order valence-electron chi connectivity index (χ2n) is 5.73. The van der Waals surface area contributed by atoms with Crippen LogP contribution in [0.4, 0.5) is 10.5 Å². The van der Waals surface area contributed by atoms with Crippen molar-refractivity contribution in [1.82, 2.24) is 14.5 Å². The summed E-state index contributed by atoms with van der Waals surface area (Å²) in [5.74, 6) is 0.524. The molecule has 140 valence electrons. The van der Waals surface area contributed by atoms with Crippen molar-refractivity contribution in [3.05, 3.63) is 23.2 Å². The van der Waals surface area contributed by atoms with Crippen molar-refractivity contribution >= 4 is 33.3 Å². The number of carbonyl (C=O) groups excluding carboxylic acids is 1. The lowest BCUT2D eigenvalue weighted by atomic mass is 10.3. The van der Waals surface area contributed by atoms with E-state index >= 15 is 0 Å². The zero-order chi connectivity index (χ0) is 18.4. The summed E-state index contributed by atoms with van der Waals surface area (Å²) in [7, 11) is -1.61. The minimum atomic E-state index is -3.12. The van der Waals surface area contributed by atoms with Gasteiger partial charge in [-0.05, 0) is 18.2 Å². The van der Waals surface area contributed by atoms with Crippen LogP contribution in [0.1, 0.15) is 0 Å². The molecule has 0 aliphatic carbocycles. The van der Waals surface area contributed by atoms with Gasteiger partial charge < -0.3 is 15.4 Å². The molecule has 1 heterocycles. The van der Waals surface area contributed by atoms with Crippen LogP contribution >= 0.6 is 11.6 Å². The van der Waals surface area contributed by atoms with Gasteiger partial charge in [0.15, 0.2) is 0 Å². The highest BCUT2D eigenvalue weighted by Crippen LogP contribution is 2.27. The van der Waals surface area contributed by atoms with Gasteiger partial charge in [-0.1, -0.05) is 11.6 Å². The average molecular weight is 391 g/mol. The zero-order valence-corrected chi connectivity index (χ0v) is 15.9.